The molecule has 0 spiro atoms. The average molecular weight is 351 g/mol. The maximum Gasteiger partial charge on any atom is 0.271 e. The zero-order valence-corrected chi connectivity index (χ0v) is 14.2. The molecular weight excluding hydrogens is 335 g/mol. The molecule has 6 heteroatoms. The summed E-state index contributed by atoms with van der Waals surface area (Å²) in [6.45, 7) is 3.78. The van der Waals surface area contributed by atoms with Crippen LogP contribution in [0.1, 0.15) is 29.8 Å². The van der Waals surface area contributed by atoms with E-state index in [9.17, 15) is 9.90 Å². The molecule has 0 saturated carbocycles. The third-order valence-electron chi connectivity index (χ3n) is 3.16. The van der Waals surface area contributed by atoms with Gasteiger partial charge in [-0.15, -0.1) is 0 Å². The second kappa shape index (κ2) is 7.49. The van der Waals surface area contributed by atoms with Crippen molar-refractivity contribution in [3.63, 3.8) is 0 Å². The van der Waals surface area contributed by atoms with Crippen molar-refractivity contribution in [2.24, 2.45) is 11.0 Å². The predicted molar refractivity (Wildman–Crippen MR) is 93.4 cm³/mol. The Morgan fingerprint density at radius 1 is 1.17 bits per heavy atom. The molecule has 0 aromatic heterocycles. The number of carbonyl (C=O) groups is 1. The van der Waals surface area contributed by atoms with Crippen molar-refractivity contribution < 1.29 is 9.90 Å². The van der Waals surface area contributed by atoms with Crippen molar-refractivity contribution in [3.8, 4) is 5.75 Å². The van der Waals surface area contributed by atoms with Crippen molar-refractivity contribution in [3.05, 3.63) is 63.6 Å². The van der Waals surface area contributed by atoms with Gasteiger partial charge in [-0.3, -0.25) is 4.79 Å². The van der Waals surface area contributed by atoms with Crippen LogP contribution in [0.3, 0.4) is 0 Å². The van der Waals surface area contributed by atoms with Gasteiger partial charge in [-0.1, -0.05) is 55.2 Å². The van der Waals surface area contributed by atoms with Gasteiger partial charge in [-0.25, -0.2) is 5.43 Å². The third-order valence-corrected chi connectivity index (χ3v) is 3.67. The van der Waals surface area contributed by atoms with Crippen LogP contribution in [0.5, 0.6) is 5.75 Å². The van der Waals surface area contributed by atoms with E-state index in [0.29, 0.717) is 21.9 Å². The zero-order valence-electron chi connectivity index (χ0n) is 12.7. The molecule has 0 radical (unpaired) electrons. The molecule has 0 bridgehead atoms. The summed E-state index contributed by atoms with van der Waals surface area (Å²) in [6, 6.07) is 11.8. The number of benzene rings is 2. The first kappa shape index (κ1) is 17.3. The van der Waals surface area contributed by atoms with Crippen molar-refractivity contribution in [2.45, 2.75) is 13.8 Å². The molecule has 2 N–H and O–H groups in total. The van der Waals surface area contributed by atoms with Crippen LogP contribution in [-0.4, -0.2) is 16.7 Å². The normalized spacial score (nSPS) is 11.6. The Morgan fingerprint density at radius 3 is 2.43 bits per heavy atom. The van der Waals surface area contributed by atoms with Gasteiger partial charge in [0.15, 0.2) is 0 Å². The minimum Gasteiger partial charge on any atom is -0.506 e. The lowest BCUT2D eigenvalue weighted by molar-refractivity contribution is 0.0954. The van der Waals surface area contributed by atoms with Crippen molar-refractivity contribution in [1.82, 2.24) is 5.43 Å². The summed E-state index contributed by atoms with van der Waals surface area (Å²) in [5.41, 5.74) is 3.87. The lowest BCUT2D eigenvalue weighted by Gasteiger charge is -2.13. The van der Waals surface area contributed by atoms with Gasteiger partial charge < -0.3 is 5.11 Å². The molecular formula is C17H16Cl2N2O2. The number of nitrogens with zero attached hydrogens (tertiary/aromatic N) is 1. The highest BCUT2D eigenvalue weighted by atomic mass is 35.5. The fourth-order valence-electron chi connectivity index (χ4n) is 2.03. The number of nitrogens with one attached hydrogen (secondary N) is 1. The maximum atomic E-state index is 12.1. The summed E-state index contributed by atoms with van der Waals surface area (Å²) in [5.74, 6) is -0.514. The summed E-state index contributed by atoms with van der Waals surface area (Å²) >= 11 is 11.9. The number of halogens is 2. The highest BCUT2D eigenvalue weighted by Crippen LogP contribution is 2.32. The second-order valence-corrected chi connectivity index (χ2v) is 6.09. The molecule has 4 nitrogen and oxygen atoms in total. The van der Waals surface area contributed by atoms with Crippen LogP contribution in [0.4, 0.5) is 0 Å². The minimum absolute atomic E-state index is 0.0634. The first-order valence-corrected chi connectivity index (χ1v) is 7.77. The second-order valence-electron chi connectivity index (χ2n) is 5.24. The molecule has 0 heterocycles. The number of amides is 1. The molecule has 2 aromatic rings. The highest BCUT2D eigenvalue weighted by Gasteiger charge is 2.17. The van der Waals surface area contributed by atoms with Crippen LogP contribution < -0.4 is 5.43 Å². The number of phenolic OH excluding ortho intramolecular Hbond substituents is 1. The fraction of sp³-hybridized carbons (Fsp3) is 0.176. The first-order valence-electron chi connectivity index (χ1n) is 7.01. The van der Waals surface area contributed by atoms with Gasteiger partial charge in [0, 0.05) is 16.1 Å². The Kier molecular flexibility index (Phi) is 5.64. The molecule has 0 aliphatic carbocycles. The standard InChI is InChI=1S/C17H16Cl2N2O2/c1-10(2)15(13-8-12(18)9-14(19)16(13)22)20-21-17(23)11-6-4-3-5-7-11/h3-10,22H,1-2H3,(H,21,23)/b20-15+. The Hall–Kier alpha value is -2.04. The maximum absolute atomic E-state index is 12.1. The Bertz CT molecular complexity index is 744. The highest BCUT2D eigenvalue weighted by molar-refractivity contribution is 6.36. The lowest BCUT2D eigenvalue weighted by atomic mass is 9.99. The number of carbonyl (C=O) groups excluding carboxylic acids is 1. The van der Waals surface area contributed by atoms with Crippen LogP contribution >= 0.6 is 23.2 Å². The van der Waals surface area contributed by atoms with Crippen molar-refractivity contribution in [2.75, 3.05) is 0 Å². The molecule has 2 aromatic carbocycles. The molecule has 2 rings (SSSR count). The molecule has 0 saturated heterocycles. The molecule has 0 unspecified atom stereocenters. The number of hydrogen-bond acceptors (Lipinski definition) is 3. The van der Waals surface area contributed by atoms with E-state index < -0.39 is 0 Å². The van der Waals surface area contributed by atoms with E-state index in [1.165, 1.54) is 6.07 Å². The summed E-state index contributed by atoms with van der Waals surface area (Å²) in [5, 5.41) is 14.8. The molecule has 23 heavy (non-hydrogen) atoms. The van der Waals surface area contributed by atoms with E-state index in [2.05, 4.69) is 10.5 Å². The van der Waals surface area contributed by atoms with Crippen LogP contribution in [0, 0.1) is 5.92 Å². The number of aromatic hydroxyl groups is 1. The van der Waals surface area contributed by atoms with Crippen LogP contribution in [-0.2, 0) is 0 Å². The predicted octanol–water partition coefficient (Wildman–Crippen LogP) is 4.49. The monoisotopic (exact) mass is 350 g/mol. The molecule has 0 atom stereocenters. The van der Waals surface area contributed by atoms with E-state index in [0.717, 1.165) is 0 Å². The van der Waals surface area contributed by atoms with E-state index in [4.69, 9.17) is 23.2 Å². The van der Waals surface area contributed by atoms with E-state index in [1.54, 1.807) is 30.3 Å². The van der Waals surface area contributed by atoms with Crippen LogP contribution in [0.15, 0.2) is 47.6 Å². The number of hydrazone groups is 1. The van der Waals surface area contributed by atoms with Crippen LogP contribution in [0.2, 0.25) is 10.0 Å². The minimum atomic E-state index is -0.337. The average Bonchev–Trinajstić information content (AvgIpc) is 2.52. The van der Waals surface area contributed by atoms with Crippen molar-refractivity contribution in [1.29, 1.82) is 0 Å². The van der Waals surface area contributed by atoms with Gasteiger partial charge in [0.05, 0.1) is 10.7 Å². The molecule has 0 fully saturated rings. The van der Waals surface area contributed by atoms with Gasteiger partial charge in [0.1, 0.15) is 5.75 Å². The topological polar surface area (TPSA) is 61.7 Å². The summed E-state index contributed by atoms with van der Waals surface area (Å²) in [7, 11) is 0. The third kappa shape index (κ3) is 4.24. The molecule has 120 valence electrons. The van der Waals surface area contributed by atoms with E-state index in [-0.39, 0.29) is 22.6 Å². The largest absolute Gasteiger partial charge is 0.506 e. The molecule has 0 aliphatic heterocycles. The van der Waals surface area contributed by atoms with Gasteiger partial charge in [-0.05, 0) is 30.2 Å². The Balaban J connectivity index is 2.34. The van der Waals surface area contributed by atoms with E-state index in [1.807, 2.05) is 19.9 Å². The number of hydrogen-bond donors (Lipinski definition) is 2. The Morgan fingerprint density at radius 2 is 1.83 bits per heavy atom. The SMILES string of the molecule is CC(C)/C(=N\NC(=O)c1ccccc1)c1cc(Cl)cc(Cl)c1O. The van der Waals surface area contributed by atoms with Crippen LogP contribution in [0.25, 0.3) is 0 Å². The summed E-state index contributed by atoms with van der Waals surface area (Å²) < 4.78 is 0. The Labute approximate surface area is 144 Å². The smallest absolute Gasteiger partial charge is 0.271 e. The summed E-state index contributed by atoms with van der Waals surface area (Å²) in [4.78, 5) is 12.1. The van der Waals surface area contributed by atoms with Gasteiger partial charge >= 0.3 is 0 Å². The number of phenols is 1. The fourth-order valence-corrected chi connectivity index (χ4v) is 2.52. The van der Waals surface area contributed by atoms with Gasteiger partial charge in [-0.2, -0.15) is 5.10 Å². The van der Waals surface area contributed by atoms with E-state index >= 15 is 0 Å². The number of rotatable bonds is 4. The molecule has 0 aliphatic rings. The zero-order chi connectivity index (χ0) is 17.0. The first-order chi connectivity index (χ1) is 10.9. The van der Waals surface area contributed by atoms with Crippen molar-refractivity contribution >= 4 is 34.8 Å². The quantitative estimate of drug-likeness (QED) is 0.630. The van der Waals surface area contributed by atoms with Gasteiger partial charge in [0.2, 0.25) is 0 Å². The molecule has 1 amide bonds. The van der Waals surface area contributed by atoms with Gasteiger partial charge in [0.25, 0.3) is 5.91 Å². The lowest BCUT2D eigenvalue weighted by Crippen LogP contribution is -2.22. The summed E-state index contributed by atoms with van der Waals surface area (Å²) in [6.07, 6.45) is 0.